The molecule has 0 unspecified atom stereocenters. The van der Waals surface area contributed by atoms with Crippen molar-refractivity contribution >= 4 is 46.7 Å². The van der Waals surface area contributed by atoms with Crippen LogP contribution in [0.3, 0.4) is 0 Å². The molecule has 38 heavy (non-hydrogen) atoms. The van der Waals surface area contributed by atoms with Crippen LogP contribution in [-0.4, -0.2) is 94.1 Å². The summed E-state index contributed by atoms with van der Waals surface area (Å²) >= 11 is 12.4. The number of piperidine rings is 1. The predicted molar refractivity (Wildman–Crippen MR) is 149 cm³/mol. The molecular weight excluding hydrogens is 529 g/mol. The first-order chi connectivity index (χ1) is 18.2. The molecule has 0 spiro atoms. The number of carbonyl (C=O) groups excluding carboxylic acids is 2. The first-order valence-corrected chi connectivity index (χ1v) is 13.8. The van der Waals surface area contributed by atoms with Gasteiger partial charge in [0.05, 0.1) is 6.10 Å². The molecule has 0 bridgehead atoms. The minimum atomic E-state index is -0.693. The van der Waals surface area contributed by atoms with Crippen LogP contribution in [-0.2, 0) is 0 Å². The molecular formula is C26H35Cl2N7O3. The van der Waals surface area contributed by atoms with E-state index in [-0.39, 0.29) is 35.2 Å². The Balaban J connectivity index is 1.37. The van der Waals surface area contributed by atoms with Crippen LogP contribution in [0.2, 0.25) is 10.2 Å². The number of nitrogen functional groups attached to an aromatic ring is 1. The summed E-state index contributed by atoms with van der Waals surface area (Å²) in [6, 6.07) is 7.72. The normalized spacial score (nSPS) is 19.9. The molecule has 2 aliphatic rings. The van der Waals surface area contributed by atoms with Crippen molar-refractivity contribution in [3.63, 3.8) is 0 Å². The highest BCUT2D eigenvalue weighted by atomic mass is 35.5. The summed E-state index contributed by atoms with van der Waals surface area (Å²) in [5.74, 6) is -0.00862. The summed E-state index contributed by atoms with van der Waals surface area (Å²) in [7, 11) is 0. The van der Waals surface area contributed by atoms with E-state index >= 15 is 0 Å². The number of rotatable bonds is 7. The van der Waals surface area contributed by atoms with Gasteiger partial charge in [0.15, 0.2) is 22.5 Å². The maximum absolute atomic E-state index is 12.9. The summed E-state index contributed by atoms with van der Waals surface area (Å²) in [6.07, 6.45) is 2.08. The number of aromatic nitrogens is 2. The first kappa shape index (κ1) is 28.4. The lowest BCUT2D eigenvalue weighted by molar-refractivity contribution is 0.0490. The summed E-state index contributed by atoms with van der Waals surface area (Å²) in [6.45, 7) is 7.47. The largest absolute Gasteiger partial charge is 0.392 e. The van der Waals surface area contributed by atoms with Gasteiger partial charge in [-0.15, -0.1) is 0 Å². The van der Waals surface area contributed by atoms with Crippen LogP contribution in [0.15, 0.2) is 24.3 Å². The van der Waals surface area contributed by atoms with E-state index in [1.165, 1.54) is 0 Å². The van der Waals surface area contributed by atoms with Gasteiger partial charge in [-0.1, -0.05) is 30.1 Å². The molecule has 0 radical (unpaired) electrons. The molecule has 2 fully saturated rings. The van der Waals surface area contributed by atoms with E-state index in [2.05, 4.69) is 32.0 Å². The van der Waals surface area contributed by atoms with Gasteiger partial charge in [-0.25, -0.2) is 9.97 Å². The van der Waals surface area contributed by atoms with Crippen LogP contribution in [0.5, 0.6) is 0 Å². The molecule has 2 saturated heterocycles. The van der Waals surface area contributed by atoms with Crippen LogP contribution in [0.4, 0.5) is 11.6 Å². The monoisotopic (exact) mass is 563 g/mol. The number of anilines is 2. The Kier molecular flexibility index (Phi) is 9.30. The highest BCUT2D eigenvalue weighted by Gasteiger charge is 2.35. The lowest BCUT2D eigenvalue weighted by Crippen LogP contribution is -2.58. The van der Waals surface area contributed by atoms with Gasteiger partial charge in [-0.3, -0.25) is 14.5 Å². The minimum Gasteiger partial charge on any atom is -0.392 e. The molecule has 2 atom stereocenters. The summed E-state index contributed by atoms with van der Waals surface area (Å²) in [5, 5.41) is 12.7. The lowest BCUT2D eigenvalue weighted by Gasteiger charge is -2.47. The topological polar surface area (TPSA) is 128 Å². The van der Waals surface area contributed by atoms with Gasteiger partial charge >= 0.3 is 0 Å². The fourth-order valence-electron chi connectivity index (χ4n) is 5.19. The molecule has 4 N–H and O–H groups in total. The Morgan fingerprint density at radius 3 is 2.45 bits per heavy atom. The van der Waals surface area contributed by atoms with Crippen molar-refractivity contribution in [2.24, 2.45) is 0 Å². The van der Waals surface area contributed by atoms with Gasteiger partial charge in [0.2, 0.25) is 0 Å². The molecule has 0 aliphatic carbocycles. The number of carbonyl (C=O) groups is 2. The molecule has 10 nitrogen and oxygen atoms in total. The zero-order valence-corrected chi connectivity index (χ0v) is 23.3. The number of hydrogen-bond donors (Lipinski definition) is 3. The van der Waals surface area contributed by atoms with Crippen LogP contribution in [0, 0.1) is 0 Å². The second-order valence-electron chi connectivity index (χ2n) is 9.91. The number of aliphatic hydroxyl groups excluding tert-OH is 1. The Bertz CT molecular complexity index is 1140. The van der Waals surface area contributed by atoms with Gasteiger partial charge in [0.1, 0.15) is 0 Å². The second-order valence-corrected chi connectivity index (χ2v) is 10.7. The number of nitrogens with one attached hydrogen (secondary N) is 1. The van der Waals surface area contributed by atoms with Gasteiger partial charge in [0.25, 0.3) is 11.8 Å². The molecule has 4 rings (SSSR count). The maximum atomic E-state index is 12.9. The van der Waals surface area contributed by atoms with Crippen molar-refractivity contribution in [1.29, 1.82) is 0 Å². The molecule has 2 aromatic rings. The third-order valence-corrected chi connectivity index (χ3v) is 7.75. The third kappa shape index (κ3) is 6.48. The molecule has 2 aliphatic heterocycles. The van der Waals surface area contributed by atoms with E-state index in [1.54, 1.807) is 31.2 Å². The number of aliphatic hydroxyl groups is 1. The van der Waals surface area contributed by atoms with Crippen molar-refractivity contribution in [3.05, 3.63) is 45.7 Å². The number of amides is 2. The summed E-state index contributed by atoms with van der Waals surface area (Å²) in [5.41, 5.74) is 6.68. The Hall–Kier alpha value is -2.66. The van der Waals surface area contributed by atoms with Gasteiger partial charge in [-0.2, -0.15) is 0 Å². The number of nitrogens with two attached hydrogens (primary N) is 1. The summed E-state index contributed by atoms with van der Waals surface area (Å²) < 4.78 is 0. The van der Waals surface area contributed by atoms with Crippen molar-refractivity contribution in [1.82, 2.24) is 25.1 Å². The molecule has 1 aromatic heterocycles. The van der Waals surface area contributed by atoms with E-state index in [1.807, 2.05) is 4.90 Å². The number of hydrogen-bond acceptors (Lipinski definition) is 8. The first-order valence-electron chi connectivity index (χ1n) is 13.0. The maximum Gasteiger partial charge on any atom is 0.273 e. The fraction of sp³-hybridized carbons (Fsp3) is 0.538. The van der Waals surface area contributed by atoms with E-state index in [0.717, 1.165) is 38.9 Å². The van der Waals surface area contributed by atoms with Gasteiger partial charge in [-0.05, 0) is 50.5 Å². The Morgan fingerprint density at radius 2 is 1.82 bits per heavy atom. The lowest BCUT2D eigenvalue weighted by atomic mass is 9.97. The molecule has 206 valence electrons. The number of piperazine rings is 1. The molecule has 0 saturated carbocycles. The SMILES string of the molecule is CC[C@H]1CN(c2nc(N)c(C(=O)NC[C@@H](C)O)nc2Cl)CCN1C1CCN(C(=O)c2ccc(Cl)cc2)CC1. The quantitative estimate of drug-likeness (QED) is 0.469. The van der Waals surface area contributed by atoms with Crippen molar-refractivity contribution < 1.29 is 14.7 Å². The zero-order valence-electron chi connectivity index (χ0n) is 21.7. The third-order valence-electron chi connectivity index (χ3n) is 7.25. The van der Waals surface area contributed by atoms with Crippen molar-refractivity contribution in [3.8, 4) is 0 Å². The van der Waals surface area contributed by atoms with Crippen LogP contribution in [0.1, 0.15) is 54.0 Å². The van der Waals surface area contributed by atoms with Gasteiger partial charge < -0.3 is 26.0 Å². The standard InChI is InChI=1S/C26H35Cl2N7O3/c1-3-19-15-34(24-22(28)31-21(23(29)32-24)25(37)30-14-16(2)36)12-13-35(19)20-8-10-33(11-9-20)26(38)17-4-6-18(27)7-5-17/h4-7,16,19-20,36H,3,8-15H2,1-2H3,(H2,29,32)(H,30,37)/t16-,19+/m1/s1. The zero-order chi connectivity index (χ0) is 27.4. The van der Waals surface area contributed by atoms with E-state index in [0.29, 0.717) is 35.5 Å². The van der Waals surface area contributed by atoms with Crippen LogP contribution >= 0.6 is 23.2 Å². The molecule has 2 amide bonds. The number of nitrogens with zero attached hydrogens (tertiary/aromatic N) is 5. The highest BCUT2D eigenvalue weighted by molar-refractivity contribution is 6.32. The number of likely N-dealkylation sites (tertiary alicyclic amines) is 1. The number of benzene rings is 1. The Morgan fingerprint density at radius 1 is 1.13 bits per heavy atom. The average Bonchev–Trinajstić information content (AvgIpc) is 2.92. The second kappa shape index (κ2) is 12.5. The smallest absolute Gasteiger partial charge is 0.273 e. The fourth-order valence-corrected chi connectivity index (χ4v) is 5.56. The van der Waals surface area contributed by atoms with Crippen molar-refractivity contribution in [2.75, 3.05) is 49.9 Å². The van der Waals surface area contributed by atoms with E-state index in [9.17, 15) is 14.7 Å². The minimum absolute atomic E-state index is 0.000646. The molecule has 12 heteroatoms. The highest BCUT2D eigenvalue weighted by Crippen LogP contribution is 2.30. The molecule has 3 heterocycles. The molecule has 1 aromatic carbocycles. The average molecular weight is 565 g/mol. The van der Waals surface area contributed by atoms with Crippen LogP contribution in [0.25, 0.3) is 0 Å². The van der Waals surface area contributed by atoms with E-state index < -0.39 is 12.0 Å². The predicted octanol–water partition coefficient (Wildman–Crippen LogP) is 2.68. The van der Waals surface area contributed by atoms with Crippen LogP contribution < -0.4 is 16.0 Å². The Labute approximate surface area is 233 Å². The summed E-state index contributed by atoms with van der Waals surface area (Å²) in [4.78, 5) is 40.5. The van der Waals surface area contributed by atoms with E-state index in [4.69, 9.17) is 28.9 Å². The number of halogens is 2. The van der Waals surface area contributed by atoms with Crippen molar-refractivity contribution in [2.45, 2.75) is 51.3 Å². The van der Waals surface area contributed by atoms with Gasteiger partial charge in [0, 0.05) is 61.9 Å².